The molecule has 3 heteroatoms. The lowest BCUT2D eigenvalue weighted by molar-refractivity contribution is 0.151. The highest BCUT2D eigenvalue weighted by Gasteiger charge is 2.19. The van der Waals surface area contributed by atoms with E-state index in [1.54, 1.807) is 6.26 Å². The van der Waals surface area contributed by atoms with Crippen molar-refractivity contribution in [3.05, 3.63) is 24.2 Å². The Bertz CT molecular complexity index is 280. The van der Waals surface area contributed by atoms with Gasteiger partial charge in [0.05, 0.1) is 12.8 Å². The van der Waals surface area contributed by atoms with Crippen LogP contribution in [-0.2, 0) is 6.54 Å². The van der Waals surface area contributed by atoms with Crippen molar-refractivity contribution in [3.63, 3.8) is 0 Å². The summed E-state index contributed by atoms with van der Waals surface area (Å²) in [6.45, 7) is 9.64. The van der Waals surface area contributed by atoms with Crippen LogP contribution in [-0.4, -0.2) is 30.6 Å². The number of nitrogens with zero attached hydrogens (tertiary/aromatic N) is 1. The van der Waals surface area contributed by atoms with Crippen molar-refractivity contribution < 1.29 is 4.42 Å². The first-order valence-corrected chi connectivity index (χ1v) is 6.00. The van der Waals surface area contributed by atoms with Crippen molar-refractivity contribution in [1.29, 1.82) is 0 Å². The van der Waals surface area contributed by atoms with Gasteiger partial charge in [-0.3, -0.25) is 4.90 Å². The first kappa shape index (κ1) is 13.3. The van der Waals surface area contributed by atoms with Crippen LogP contribution in [0.25, 0.3) is 0 Å². The van der Waals surface area contributed by atoms with E-state index in [1.165, 1.54) is 6.42 Å². The van der Waals surface area contributed by atoms with E-state index >= 15 is 0 Å². The molecule has 0 spiro atoms. The second-order valence-corrected chi connectivity index (χ2v) is 4.84. The summed E-state index contributed by atoms with van der Waals surface area (Å²) in [5.41, 5.74) is 0.284. The van der Waals surface area contributed by atoms with E-state index in [4.69, 9.17) is 4.42 Å². The Morgan fingerprint density at radius 3 is 2.75 bits per heavy atom. The van der Waals surface area contributed by atoms with Gasteiger partial charge in [0, 0.05) is 18.6 Å². The zero-order valence-corrected chi connectivity index (χ0v) is 10.9. The van der Waals surface area contributed by atoms with Gasteiger partial charge in [-0.25, -0.2) is 0 Å². The minimum absolute atomic E-state index is 0.284. The van der Waals surface area contributed by atoms with Gasteiger partial charge in [0.1, 0.15) is 5.76 Å². The van der Waals surface area contributed by atoms with Crippen LogP contribution >= 0.6 is 0 Å². The summed E-state index contributed by atoms with van der Waals surface area (Å²) in [6.07, 6.45) is 2.88. The maximum Gasteiger partial charge on any atom is 0.117 e. The summed E-state index contributed by atoms with van der Waals surface area (Å²) in [5, 5.41) is 3.38. The molecule has 0 saturated carbocycles. The predicted octanol–water partition coefficient (Wildman–Crippen LogP) is 2.49. The van der Waals surface area contributed by atoms with Crippen LogP contribution in [0, 0.1) is 0 Å². The number of hydrogen-bond acceptors (Lipinski definition) is 3. The Hall–Kier alpha value is -0.800. The van der Waals surface area contributed by atoms with Crippen LogP contribution < -0.4 is 5.32 Å². The molecule has 1 rings (SSSR count). The topological polar surface area (TPSA) is 28.4 Å². The number of likely N-dealkylation sites (N-methyl/N-ethyl adjacent to an activating group) is 1. The molecule has 0 radical (unpaired) electrons. The lowest BCUT2D eigenvalue weighted by atomic mass is 10.0. The van der Waals surface area contributed by atoms with Crippen LogP contribution in [0.15, 0.2) is 22.8 Å². The summed E-state index contributed by atoms with van der Waals surface area (Å²) < 4.78 is 5.25. The van der Waals surface area contributed by atoms with Gasteiger partial charge >= 0.3 is 0 Å². The molecular weight excluding hydrogens is 200 g/mol. The third kappa shape index (κ3) is 3.99. The quantitative estimate of drug-likeness (QED) is 0.721. The van der Waals surface area contributed by atoms with Crippen LogP contribution in [0.5, 0.6) is 0 Å². The van der Waals surface area contributed by atoms with Gasteiger partial charge in [-0.2, -0.15) is 0 Å². The summed E-state index contributed by atoms with van der Waals surface area (Å²) in [6, 6.07) is 3.91. The van der Waals surface area contributed by atoms with Gasteiger partial charge < -0.3 is 9.73 Å². The fraction of sp³-hybridized carbons (Fsp3) is 0.692. The summed E-state index contributed by atoms with van der Waals surface area (Å²) in [4.78, 5) is 2.39. The molecule has 0 aliphatic heterocycles. The van der Waals surface area contributed by atoms with Gasteiger partial charge in [0.2, 0.25) is 0 Å². The highest BCUT2D eigenvalue weighted by atomic mass is 16.3. The zero-order valence-electron chi connectivity index (χ0n) is 10.9. The molecule has 3 nitrogen and oxygen atoms in total. The Balaban J connectivity index is 2.16. The van der Waals surface area contributed by atoms with E-state index in [1.807, 2.05) is 12.1 Å². The van der Waals surface area contributed by atoms with E-state index in [0.717, 1.165) is 25.4 Å². The second kappa shape index (κ2) is 6.06. The van der Waals surface area contributed by atoms with Gasteiger partial charge in [-0.15, -0.1) is 0 Å². The molecule has 0 bridgehead atoms. The first-order valence-electron chi connectivity index (χ1n) is 6.00. The minimum atomic E-state index is 0.284. The van der Waals surface area contributed by atoms with Crippen molar-refractivity contribution in [1.82, 2.24) is 10.2 Å². The Labute approximate surface area is 98.8 Å². The van der Waals surface area contributed by atoms with Crippen LogP contribution in [0.2, 0.25) is 0 Å². The SMILES string of the molecule is CCC(C)(C)N(C)CCNCc1ccco1. The smallest absolute Gasteiger partial charge is 0.117 e. The standard InChI is InChI=1S/C13H24N2O/c1-5-13(2,3)15(4)9-8-14-11-12-7-6-10-16-12/h6-7,10,14H,5,8-9,11H2,1-4H3. The number of furan rings is 1. The molecule has 0 fully saturated rings. The normalized spacial score (nSPS) is 12.3. The van der Waals surface area contributed by atoms with Gasteiger partial charge in [0.15, 0.2) is 0 Å². The van der Waals surface area contributed by atoms with Crippen molar-refractivity contribution in [3.8, 4) is 0 Å². The zero-order chi connectivity index (χ0) is 12.0. The van der Waals surface area contributed by atoms with Crippen molar-refractivity contribution in [2.75, 3.05) is 20.1 Å². The molecule has 0 aliphatic carbocycles. The van der Waals surface area contributed by atoms with Crippen molar-refractivity contribution in [2.45, 2.75) is 39.3 Å². The molecule has 0 amide bonds. The van der Waals surface area contributed by atoms with Crippen LogP contribution in [0.3, 0.4) is 0 Å². The first-order chi connectivity index (χ1) is 7.56. The maximum absolute atomic E-state index is 5.25. The molecule has 0 unspecified atom stereocenters. The molecule has 1 aromatic rings. The summed E-state index contributed by atoms with van der Waals surface area (Å²) >= 11 is 0. The Morgan fingerprint density at radius 2 is 2.19 bits per heavy atom. The molecule has 1 heterocycles. The molecule has 0 atom stereocenters. The monoisotopic (exact) mass is 224 g/mol. The number of hydrogen-bond donors (Lipinski definition) is 1. The van der Waals surface area contributed by atoms with Gasteiger partial charge in [0.25, 0.3) is 0 Å². The largest absolute Gasteiger partial charge is 0.468 e. The summed E-state index contributed by atoms with van der Waals surface area (Å²) in [7, 11) is 2.18. The Morgan fingerprint density at radius 1 is 1.44 bits per heavy atom. The van der Waals surface area contributed by atoms with Crippen LogP contribution in [0.1, 0.15) is 33.0 Å². The molecule has 0 aromatic carbocycles. The molecule has 16 heavy (non-hydrogen) atoms. The molecule has 92 valence electrons. The molecule has 1 aromatic heterocycles. The average Bonchev–Trinajstić information content (AvgIpc) is 2.76. The molecule has 0 saturated heterocycles. The van der Waals surface area contributed by atoms with E-state index in [2.05, 4.69) is 38.0 Å². The highest BCUT2D eigenvalue weighted by Crippen LogP contribution is 2.15. The second-order valence-electron chi connectivity index (χ2n) is 4.84. The number of rotatable bonds is 7. The summed E-state index contributed by atoms with van der Waals surface area (Å²) in [5.74, 6) is 0.998. The van der Waals surface area contributed by atoms with E-state index in [0.29, 0.717) is 0 Å². The number of nitrogens with one attached hydrogen (secondary N) is 1. The lowest BCUT2D eigenvalue weighted by Gasteiger charge is -2.34. The van der Waals surface area contributed by atoms with Crippen molar-refractivity contribution in [2.24, 2.45) is 0 Å². The molecule has 0 aliphatic rings. The predicted molar refractivity (Wildman–Crippen MR) is 67.4 cm³/mol. The van der Waals surface area contributed by atoms with Crippen LogP contribution in [0.4, 0.5) is 0 Å². The third-order valence-electron chi connectivity index (χ3n) is 3.40. The maximum atomic E-state index is 5.25. The fourth-order valence-electron chi connectivity index (χ4n) is 1.44. The van der Waals surface area contributed by atoms with E-state index < -0.39 is 0 Å². The highest BCUT2D eigenvalue weighted by molar-refractivity contribution is 4.97. The minimum Gasteiger partial charge on any atom is -0.468 e. The third-order valence-corrected chi connectivity index (χ3v) is 3.40. The molecular formula is C13H24N2O. The Kier molecular flexibility index (Phi) is 5.03. The van der Waals surface area contributed by atoms with Crippen molar-refractivity contribution >= 4 is 0 Å². The lowest BCUT2D eigenvalue weighted by Crippen LogP contribution is -2.43. The molecule has 1 N–H and O–H groups in total. The van der Waals surface area contributed by atoms with E-state index in [-0.39, 0.29) is 5.54 Å². The van der Waals surface area contributed by atoms with Gasteiger partial charge in [-0.05, 0) is 39.4 Å². The van der Waals surface area contributed by atoms with E-state index in [9.17, 15) is 0 Å². The average molecular weight is 224 g/mol. The van der Waals surface area contributed by atoms with Gasteiger partial charge in [-0.1, -0.05) is 6.92 Å². The fourth-order valence-corrected chi connectivity index (χ4v) is 1.44.